The second-order valence-electron chi connectivity index (χ2n) is 5.18. The van der Waals surface area contributed by atoms with Gasteiger partial charge in [0.05, 0.1) is 11.3 Å². The summed E-state index contributed by atoms with van der Waals surface area (Å²) in [5.74, 6) is 0. The van der Waals surface area contributed by atoms with Crippen LogP contribution in [-0.4, -0.2) is 20.3 Å². The fourth-order valence-electron chi connectivity index (χ4n) is 2.42. The van der Waals surface area contributed by atoms with Gasteiger partial charge in [0.15, 0.2) is 5.52 Å². The van der Waals surface area contributed by atoms with Crippen LogP contribution in [0, 0.1) is 13.8 Å². The average Bonchev–Trinajstić information content (AvgIpc) is 2.90. The Hall–Kier alpha value is -2.71. The first-order valence-electron chi connectivity index (χ1n) is 6.67. The van der Waals surface area contributed by atoms with E-state index in [-0.39, 0.29) is 28.8 Å². The van der Waals surface area contributed by atoms with Crippen molar-refractivity contribution < 1.29 is 17.8 Å². The van der Waals surface area contributed by atoms with Crippen LogP contribution in [0.1, 0.15) is 28.1 Å². The third-order valence-electron chi connectivity index (χ3n) is 3.56. The van der Waals surface area contributed by atoms with Gasteiger partial charge in [0.1, 0.15) is 0 Å². The second kappa shape index (κ2) is 5.18. The lowest BCUT2D eigenvalue weighted by atomic mass is 9.98. The molecule has 3 rings (SSSR count). The van der Waals surface area contributed by atoms with Crippen molar-refractivity contribution >= 4 is 16.9 Å². The molecule has 0 aliphatic carbocycles. The standard InChI is InChI=1S/C14H12F3N5O/c1-6-3-8(10(5-19-6)14(15,16)17)4-9-7(2)20-13-12(11(9)18)21-23-22-13/h3,5H,4,18H2,1-2H3. The third-order valence-corrected chi connectivity index (χ3v) is 3.56. The molecular formula is C14H12F3N5O. The van der Waals surface area contributed by atoms with Crippen LogP contribution >= 0.6 is 0 Å². The van der Waals surface area contributed by atoms with Crippen molar-refractivity contribution in [3.8, 4) is 0 Å². The summed E-state index contributed by atoms with van der Waals surface area (Å²) >= 11 is 0. The van der Waals surface area contributed by atoms with E-state index in [2.05, 4.69) is 24.9 Å². The molecule has 3 heterocycles. The lowest BCUT2D eigenvalue weighted by Crippen LogP contribution is -2.12. The molecule has 0 atom stereocenters. The Morgan fingerprint density at radius 1 is 1.22 bits per heavy atom. The maximum Gasteiger partial charge on any atom is 0.418 e. The van der Waals surface area contributed by atoms with Gasteiger partial charge in [0.25, 0.3) is 0 Å². The number of nitrogens with two attached hydrogens (primary N) is 1. The molecule has 6 nitrogen and oxygen atoms in total. The minimum absolute atomic E-state index is 0.0360. The smallest absolute Gasteiger partial charge is 0.396 e. The molecule has 23 heavy (non-hydrogen) atoms. The minimum Gasteiger partial charge on any atom is -0.396 e. The third kappa shape index (κ3) is 2.69. The van der Waals surface area contributed by atoms with Crippen molar-refractivity contribution in [1.82, 2.24) is 20.3 Å². The fraction of sp³-hybridized carbons (Fsp3) is 0.286. The van der Waals surface area contributed by atoms with Gasteiger partial charge in [-0.25, -0.2) is 9.61 Å². The van der Waals surface area contributed by atoms with Gasteiger partial charge in [-0.2, -0.15) is 13.2 Å². The van der Waals surface area contributed by atoms with E-state index in [0.29, 0.717) is 17.0 Å². The normalized spacial score (nSPS) is 12.0. The highest BCUT2D eigenvalue weighted by molar-refractivity contribution is 5.85. The van der Waals surface area contributed by atoms with E-state index in [1.165, 1.54) is 6.07 Å². The van der Waals surface area contributed by atoms with Crippen molar-refractivity contribution in [2.24, 2.45) is 0 Å². The van der Waals surface area contributed by atoms with Crippen LogP contribution in [0.25, 0.3) is 11.2 Å². The van der Waals surface area contributed by atoms with Crippen LogP contribution < -0.4 is 5.73 Å². The van der Waals surface area contributed by atoms with Gasteiger partial charge in [-0.1, -0.05) is 0 Å². The van der Waals surface area contributed by atoms with Crippen molar-refractivity contribution in [2.45, 2.75) is 26.4 Å². The molecule has 0 aliphatic heterocycles. The van der Waals surface area contributed by atoms with E-state index >= 15 is 0 Å². The minimum atomic E-state index is -4.49. The largest absolute Gasteiger partial charge is 0.418 e. The summed E-state index contributed by atoms with van der Waals surface area (Å²) in [4.78, 5) is 7.89. The predicted octanol–water partition coefficient (Wildman–Crippen LogP) is 2.82. The lowest BCUT2D eigenvalue weighted by molar-refractivity contribution is -0.138. The molecule has 0 saturated heterocycles. The average molecular weight is 323 g/mol. The Morgan fingerprint density at radius 3 is 2.65 bits per heavy atom. The molecule has 0 spiro atoms. The summed E-state index contributed by atoms with van der Waals surface area (Å²) in [6.45, 7) is 3.28. The zero-order valence-corrected chi connectivity index (χ0v) is 12.3. The van der Waals surface area contributed by atoms with E-state index in [1.807, 2.05) is 0 Å². The molecule has 0 aliphatic rings. The molecule has 2 N–H and O–H groups in total. The maximum atomic E-state index is 13.2. The number of nitrogen functional groups attached to an aromatic ring is 1. The number of fused-ring (bicyclic) bond motifs is 1. The zero-order valence-electron chi connectivity index (χ0n) is 12.3. The van der Waals surface area contributed by atoms with Crippen LogP contribution in [0.2, 0.25) is 0 Å². The summed E-state index contributed by atoms with van der Waals surface area (Å²) in [6.07, 6.45) is -3.70. The summed E-state index contributed by atoms with van der Waals surface area (Å²) in [5, 5.41) is 7.23. The quantitative estimate of drug-likeness (QED) is 0.780. The number of halogens is 3. The van der Waals surface area contributed by atoms with Gasteiger partial charge >= 0.3 is 6.18 Å². The topological polar surface area (TPSA) is 90.7 Å². The zero-order chi connectivity index (χ0) is 16.8. The first-order valence-corrected chi connectivity index (χ1v) is 6.67. The number of aromatic nitrogens is 4. The van der Waals surface area contributed by atoms with Crippen LogP contribution in [0.4, 0.5) is 18.9 Å². The lowest BCUT2D eigenvalue weighted by Gasteiger charge is -2.15. The first kappa shape index (κ1) is 15.2. The molecule has 0 saturated carbocycles. The highest BCUT2D eigenvalue weighted by Gasteiger charge is 2.34. The number of anilines is 1. The number of alkyl halides is 3. The predicted molar refractivity (Wildman–Crippen MR) is 75.5 cm³/mol. The van der Waals surface area contributed by atoms with Crippen molar-refractivity contribution in [1.29, 1.82) is 0 Å². The van der Waals surface area contributed by atoms with Crippen LogP contribution in [-0.2, 0) is 12.6 Å². The maximum absolute atomic E-state index is 13.2. The molecular weight excluding hydrogens is 311 g/mol. The summed E-state index contributed by atoms with van der Waals surface area (Å²) in [6, 6.07) is 1.40. The van der Waals surface area contributed by atoms with E-state index in [0.717, 1.165) is 6.20 Å². The Morgan fingerprint density at radius 2 is 1.96 bits per heavy atom. The Balaban J connectivity index is 2.14. The number of hydrogen-bond donors (Lipinski definition) is 1. The van der Waals surface area contributed by atoms with E-state index in [4.69, 9.17) is 5.73 Å². The summed E-state index contributed by atoms with van der Waals surface area (Å²) < 4.78 is 44.1. The Kier molecular flexibility index (Phi) is 3.42. The molecule has 0 radical (unpaired) electrons. The summed E-state index contributed by atoms with van der Waals surface area (Å²) in [5.41, 5.74) is 7.42. The number of hydrogen-bond acceptors (Lipinski definition) is 6. The SMILES string of the molecule is Cc1cc(Cc2c(C)nc3nonc3c2N)c(C(F)(F)F)cn1. The van der Waals surface area contributed by atoms with Gasteiger partial charge < -0.3 is 5.73 Å². The van der Waals surface area contributed by atoms with Gasteiger partial charge in [-0.3, -0.25) is 4.98 Å². The van der Waals surface area contributed by atoms with E-state index in [1.54, 1.807) is 13.8 Å². The molecule has 0 unspecified atom stereocenters. The second-order valence-corrected chi connectivity index (χ2v) is 5.18. The van der Waals surface area contributed by atoms with Crippen LogP contribution in [0.15, 0.2) is 16.9 Å². The molecule has 0 aromatic carbocycles. The number of nitrogens with zero attached hydrogens (tertiary/aromatic N) is 4. The van der Waals surface area contributed by atoms with Gasteiger partial charge in [0.2, 0.25) is 5.65 Å². The highest BCUT2D eigenvalue weighted by atomic mass is 19.4. The number of rotatable bonds is 2. The first-order chi connectivity index (χ1) is 10.8. The Labute approximate surface area is 128 Å². The molecule has 0 fully saturated rings. The monoisotopic (exact) mass is 323 g/mol. The van der Waals surface area contributed by atoms with Crippen molar-refractivity contribution in [3.05, 3.63) is 40.3 Å². The van der Waals surface area contributed by atoms with Crippen molar-refractivity contribution in [3.63, 3.8) is 0 Å². The fourth-order valence-corrected chi connectivity index (χ4v) is 2.42. The number of pyridine rings is 2. The van der Waals surface area contributed by atoms with Crippen LogP contribution in [0.5, 0.6) is 0 Å². The Bertz CT molecular complexity index is 888. The van der Waals surface area contributed by atoms with Crippen molar-refractivity contribution in [2.75, 3.05) is 5.73 Å². The molecule has 3 aromatic heterocycles. The molecule has 0 amide bonds. The number of aryl methyl sites for hydroxylation is 2. The molecule has 3 aromatic rings. The van der Waals surface area contributed by atoms with Crippen LogP contribution in [0.3, 0.4) is 0 Å². The molecule has 0 bridgehead atoms. The van der Waals surface area contributed by atoms with Gasteiger partial charge in [-0.05, 0) is 35.8 Å². The van der Waals surface area contributed by atoms with Gasteiger partial charge in [0, 0.05) is 29.6 Å². The summed E-state index contributed by atoms with van der Waals surface area (Å²) in [7, 11) is 0. The molecule has 9 heteroatoms. The highest BCUT2D eigenvalue weighted by Crippen LogP contribution is 2.34. The van der Waals surface area contributed by atoms with E-state index in [9.17, 15) is 13.2 Å². The molecule has 120 valence electrons. The van der Waals surface area contributed by atoms with Gasteiger partial charge in [-0.15, -0.1) is 0 Å². The van der Waals surface area contributed by atoms with E-state index < -0.39 is 11.7 Å².